The summed E-state index contributed by atoms with van der Waals surface area (Å²) in [5.74, 6) is 1.68. The number of hydrogen-bond donors (Lipinski definition) is 0. The Bertz CT molecular complexity index is 805. The average Bonchev–Trinajstić information content (AvgIpc) is 3.01. The number of carbonyl (C=O) groups is 1. The number of rotatable bonds is 4. The van der Waals surface area contributed by atoms with Gasteiger partial charge in [-0.25, -0.2) is 0 Å². The molecule has 4 aliphatic rings. The van der Waals surface area contributed by atoms with Gasteiger partial charge in [-0.15, -0.1) is 6.58 Å². The summed E-state index contributed by atoms with van der Waals surface area (Å²) in [4.78, 5) is 15.4. The van der Waals surface area contributed by atoms with Gasteiger partial charge in [-0.05, 0) is 30.9 Å². The van der Waals surface area contributed by atoms with Gasteiger partial charge < -0.3 is 14.2 Å². The smallest absolute Gasteiger partial charge is 0.174 e. The minimum Gasteiger partial charge on any atom is -0.493 e. The van der Waals surface area contributed by atoms with Crippen LogP contribution in [0.4, 0.5) is 0 Å². The van der Waals surface area contributed by atoms with Crippen LogP contribution < -0.4 is 9.47 Å². The van der Waals surface area contributed by atoms with Crippen LogP contribution in [0, 0.1) is 0 Å². The van der Waals surface area contributed by atoms with E-state index in [0.29, 0.717) is 6.42 Å². The number of hydrogen-bond acceptors (Lipinski definition) is 5. The SMILES string of the molecule is C=CCN1CC[C@]23c4c5ccc(OC)c4O[C@H]2C(=O)CC[C@@]3(OC)[C@H]1C5. The summed E-state index contributed by atoms with van der Waals surface area (Å²) in [5.41, 5.74) is 1.63. The zero-order valence-corrected chi connectivity index (χ0v) is 15.4. The summed E-state index contributed by atoms with van der Waals surface area (Å²) in [6.07, 6.45) is 4.51. The Morgan fingerprint density at radius 3 is 2.96 bits per heavy atom. The van der Waals surface area contributed by atoms with Crippen LogP contribution in [0.3, 0.4) is 0 Å². The molecule has 5 nitrogen and oxygen atoms in total. The molecule has 0 amide bonds. The highest BCUT2D eigenvalue weighted by Gasteiger charge is 2.73. The van der Waals surface area contributed by atoms with E-state index in [1.54, 1.807) is 7.11 Å². The number of likely N-dealkylation sites (tertiary alicyclic amines) is 1. The van der Waals surface area contributed by atoms with Crippen molar-refractivity contribution >= 4 is 5.78 Å². The van der Waals surface area contributed by atoms with Gasteiger partial charge in [0.1, 0.15) is 0 Å². The van der Waals surface area contributed by atoms with Crippen molar-refractivity contribution in [3.05, 3.63) is 35.9 Å². The summed E-state index contributed by atoms with van der Waals surface area (Å²) in [5, 5.41) is 0. The van der Waals surface area contributed by atoms with Crippen LogP contribution in [0.25, 0.3) is 0 Å². The van der Waals surface area contributed by atoms with E-state index in [1.807, 2.05) is 19.3 Å². The average molecular weight is 355 g/mol. The van der Waals surface area contributed by atoms with E-state index in [2.05, 4.69) is 17.5 Å². The molecule has 1 aromatic carbocycles. The van der Waals surface area contributed by atoms with E-state index in [-0.39, 0.29) is 11.8 Å². The first-order valence-electron chi connectivity index (χ1n) is 9.43. The highest BCUT2D eigenvalue weighted by Crippen LogP contribution is 2.65. The predicted molar refractivity (Wildman–Crippen MR) is 96.9 cm³/mol. The van der Waals surface area contributed by atoms with Crippen LogP contribution in [-0.2, 0) is 21.4 Å². The van der Waals surface area contributed by atoms with Gasteiger partial charge in [0, 0.05) is 38.2 Å². The van der Waals surface area contributed by atoms with Gasteiger partial charge in [0.05, 0.1) is 18.1 Å². The highest BCUT2D eigenvalue weighted by atomic mass is 16.5. The van der Waals surface area contributed by atoms with Crippen molar-refractivity contribution in [1.82, 2.24) is 4.90 Å². The second kappa shape index (κ2) is 5.33. The van der Waals surface area contributed by atoms with Gasteiger partial charge in [-0.3, -0.25) is 9.69 Å². The van der Waals surface area contributed by atoms with Crippen LogP contribution in [-0.4, -0.2) is 55.7 Å². The van der Waals surface area contributed by atoms with Gasteiger partial charge >= 0.3 is 0 Å². The third kappa shape index (κ3) is 1.62. The zero-order valence-electron chi connectivity index (χ0n) is 15.4. The van der Waals surface area contributed by atoms with Crippen LogP contribution in [0.1, 0.15) is 30.4 Å². The first kappa shape index (κ1) is 16.3. The maximum Gasteiger partial charge on any atom is 0.174 e. The maximum atomic E-state index is 12.9. The summed E-state index contributed by atoms with van der Waals surface area (Å²) in [6.45, 7) is 5.70. The van der Waals surface area contributed by atoms with Crippen molar-refractivity contribution in [3.8, 4) is 11.5 Å². The summed E-state index contributed by atoms with van der Waals surface area (Å²) < 4.78 is 18.3. The van der Waals surface area contributed by atoms with Crippen LogP contribution in [0.5, 0.6) is 11.5 Å². The molecule has 5 heteroatoms. The fourth-order valence-electron chi connectivity index (χ4n) is 6.34. The highest BCUT2D eigenvalue weighted by molar-refractivity contribution is 5.90. The quantitative estimate of drug-likeness (QED) is 0.776. The topological polar surface area (TPSA) is 48.0 Å². The molecule has 0 radical (unpaired) electrons. The normalized spacial score (nSPS) is 37.1. The lowest BCUT2D eigenvalue weighted by molar-refractivity contribution is -0.200. The minimum absolute atomic E-state index is 0.194. The van der Waals surface area contributed by atoms with E-state index < -0.39 is 17.1 Å². The molecule has 1 spiro atoms. The largest absolute Gasteiger partial charge is 0.493 e. The van der Waals surface area contributed by atoms with E-state index in [4.69, 9.17) is 14.2 Å². The number of ether oxygens (including phenoxy) is 3. The lowest BCUT2D eigenvalue weighted by Crippen LogP contribution is -2.77. The van der Waals surface area contributed by atoms with Crippen molar-refractivity contribution in [2.24, 2.45) is 0 Å². The van der Waals surface area contributed by atoms with E-state index >= 15 is 0 Å². The van der Waals surface area contributed by atoms with Crippen molar-refractivity contribution in [2.45, 2.75) is 48.8 Å². The van der Waals surface area contributed by atoms with Crippen LogP contribution >= 0.6 is 0 Å². The molecule has 2 fully saturated rings. The first-order valence-corrected chi connectivity index (χ1v) is 9.43. The van der Waals surface area contributed by atoms with Gasteiger partial charge in [0.15, 0.2) is 23.4 Å². The van der Waals surface area contributed by atoms with Gasteiger partial charge in [0.25, 0.3) is 0 Å². The lowest BCUT2D eigenvalue weighted by atomic mass is 9.49. The fourth-order valence-corrected chi connectivity index (χ4v) is 6.34. The molecule has 1 saturated carbocycles. The van der Waals surface area contributed by atoms with E-state index in [0.717, 1.165) is 43.9 Å². The van der Waals surface area contributed by atoms with Gasteiger partial charge in [0.2, 0.25) is 0 Å². The van der Waals surface area contributed by atoms with Gasteiger partial charge in [-0.1, -0.05) is 12.1 Å². The lowest BCUT2D eigenvalue weighted by Gasteiger charge is -2.64. The third-order valence-electron chi connectivity index (χ3n) is 7.26. The summed E-state index contributed by atoms with van der Waals surface area (Å²) in [7, 11) is 3.47. The Morgan fingerprint density at radius 1 is 1.38 bits per heavy atom. The molecule has 0 aromatic heterocycles. The number of methoxy groups -OCH3 is 2. The standard InChI is InChI=1S/C21H25NO4/c1-4-10-22-11-9-20-17-13-5-6-15(24-2)18(17)26-19(20)14(23)7-8-21(20,25-3)16(22)12-13/h4-6,16,19H,1,7-12H2,2-3H3/t16-,19+,20+,21-/m1/s1. The number of piperidine rings is 1. The van der Waals surface area contributed by atoms with E-state index in [1.165, 1.54) is 11.1 Å². The van der Waals surface area contributed by atoms with Crippen molar-refractivity contribution in [1.29, 1.82) is 0 Å². The van der Waals surface area contributed by atoms with Crippen molar-refractivity contribution in [2.75, 3.05) is 27.3 Å². The van der Waals surface area contributed by atoms with E-state index in [9.17, 15) is 4.79 Å². The number of benzene rings is 1. The summed E-state index contributed by atoms with van der Waals surface area (Å²) >= 11 is 0. The van der Waals surface area contributed by atoms with Crippen molar-refractivity contribution in [3.63, 3.8) is 0 Å². The Balaban J connectivity index is 1.80. The van der Waals surface area contributed by atoms with Crippen LogP contribution in [0.2, 0.25) is 0 Å². The molecule has 5 rings (SSSR count). The molecule has 2 aliphatic carbocycles. The molecule has 2 heterocycles. The van der Waals surface area contributed by atoms with Crippen LogP contribution in [0.15, 0.2) is 24.8 Å². The minimum atomic E-state index is -0.463. The Labute approximate surface area is 153 Å². The molecular formula is C21H25NO4. The molecule has 138 valence electrons. The Morgan fingerprint density at radius 2 is 2.23 bits per heavy atom. The molecule has 0 unspecified atom stereocenters. The van der Waals surface area contributed by atoms with Gasteiger partial charge in [-0.2, -0.15) is 0 Å². The molecule has 26 heavy (non-hydrogen) atoms. The predicted octanol–water partition coefficient (Wildman–Crippen LogP) is 2.26. The number of nitrogens with zero attached hydrogens (tertiary/aromatic N) is 1. The Hall–Kier alpha value is -1.85. The zero-order chi connectivity index (χ0) is 18.1. The second-order valence-electron chi connectivity index (χ2n) is 7.91. The monoisotopic (exact) mass is 355 g/mol. The second-order valence-corrected chi connectivity index (χ2v) is 7.91. The molecule has 2 aliphatic heterocycles. The fraction of sp³-hybridized carbons (Fsp3) is 0.571. The van der Waals surface area contributed by atoms with Crippen molar-refractivity contribution < 1.29 is 19.0 Å². The molecular weight excluding hydrogens is 330 g/mol. The first-order chi connectivity index (χ1) is 12.6. The third-order valence-corrected chi connectivity index (χ3v) is 7.26. The molecule has 1 saturated heterocycles. The molecule has 2 bridgehead atoms. The number of ketones is 1. The number of carbonyl (C=O) groups excluding carboxylic acids is 1. The summed E-state index contributed by atoms with van der Waals surface area (Å²) in [6, 6.07) is 4.35. The molecule has 1 aromatic rings. The number of Topliss-reactive ketones (excluding diaryl/α,β-unsaturated/α-hetero) is 1. The Kier molecular flexibility index (Phi) is 3.35. The molecule has 0 N–H and O–H groups in total. The molecule has 4 atom stereocenters. The maximum absolute atomic E-state index is 12.9.